The third kappa shape index (κ3) is 6.70. The Labute approximate surface area is 190 Å². The van der Waals surface area contributed by atoms with E-state index in [9.17, 15) is 0 Å². The lowest BCUT2D eigenvalue weighted by atomic mass is 10.00. The molecule has 5 nitrogen and oxygen atoms in total. The maximum absolute atomic E-state index is 4.68. The van der Waals surface area contributed by atoms with Crippen LogP contribution in [-0.4, -0.2) is 42.0 Å². The molecule has 0 saturated heterocycles. The number of hydrogen-bond donors (Lipinski definition) is 2. The lowest BCUT2D eigenvalue weighted by molar-refractivity contribution is 0.251. The van der Waals surface area contributed by atoms with Crippen molar-refractivity contribution in [3.05, 3.63) is 51.0 Å². The fraction of sp³-hybridized carbons (Fsp3) is 0.524. The molecular weight excluding hydrogens is 481 g/mol. The van der Waals surface area contributed by atoms with Gasteiger partial charge >= 0.3 is 0 Å². The molecule has 1 aromatic carbocycles. The summed E-state index contributed by atoms with van der Waals surface area (Å²) in [6.45, 7) is 12.1. The fourth-order valence-corrected chi connectivity index (χ4v) is 4.21. The van der Waals surface area contributed by atoms with Gasteiger partial charge in [-0.25, -0.2) is 9.98 Å². The van der Waals surface area contributed by atoms with Crippen LogP contribution in [0, 0.1) is 13.8 Å². The summed E-state index contributed by atoms with van der Waals surface area (Å²) in [6, 6.07) is 8.82. The molecule has 154 valence electrons. The number of aromatic nitrogens is 1. The number of halogens is 1. The molecule has 2 aromatic rings. The molecule has 0 fully saturated rings. The Morgan fingerprint density at radius 2 is 2.00 bits per heavy atom. The van der Waals surface area contributed by atoms with Gasteiger partial charge in [-0.1, -0.05) is 24.3 Å². The van der Waals surface area contributed by atoms with Crippen molar-refractivity contribution in [2.75, 3.05) is 26.2 Å². The van der Waals surface area contributed by atoms with Crippen molar-refractivity contribution >= 4 is 41.3 Å². The molecule has 0 spiro atoms. The lowest BCUT2D eigenvalue weighted by Gasteiger charge is -2.28. The number of fused-ring (bicyclic) bond motifs is 1. The van der Waals surface area contributed by atoms with Gasteiger partial charge in [-0.3, -0.25) is 4.90 Å². The maximum Gasteiger partial charge on any atom is 0.191 e. The van der Waals surface area contributed by atoms with E-state index in [4.69, 9.17) is 0 Å². The highest BCUT2D eigenvalue weighted by Gasteiger charge is 2.14. The number of benzene rings is 1. The minimum atomic E-state index is 0. The number of aliphatic imine (C=N–C) groups is 1. The van der Waals surface area contributed by atoms with Crippen LogP contribution in [0.3, 0.4) is 0 Å². The molecule has 0 saturated carbocycles. The smallest absolute Gasteiger partial charge is 0.191 e. The number of thiazole rings is 1. The molecule has 0 radical (unpaired) electrons. The number of guanidine groups is 1. The molecule has 3 rings (SSSR count). The molecule has 1 aliphatic heterocycles. The van der Waals surface area contributed by atoms with E-state index in [1.165, 1.54) is 22.4 Å². The monoisotopic (exact) mass is 513 g/mol. The first-order chi connectivity index (χ1) is 13.2. The number of rotatable bonds is 7. The second kappa shape index (κ2) is 11.7. The standard InChI is InChI=1S/C21H31N5S.HI/c1-4-22-21(24-14-20-25-16(2)17(3)27-20)23-11-7-12-26-13-10-18-8-5-6-9-19(18)15-26;/h5-6,8-9H,4,7,10-15H2,1-3H3,(H2,22,23,24);1H. The highest BCUT2D eigenvalue weighted by Crippen LogP contribution is 2.18. The van der Waals surface area contributed by atoms with Gasteiger partial charge in [-0.05, 0) is 44.7 Å². The lowest BCUT2D eigenvalue weighted by Crippen LogP contribution is -2.39. The van der Waals surface area contributed by atoms with Crippen molar-refractivity contribution in [2.45, 2.75) is 46.7 Å². The van der Waals surface area contributed by atoms with E-state index >= 15 is 0 Å². The van der Waals surface area contributed by atoms with Gasteiger partial charge in [0.05, 0.1) is 12.2 Å². The molecule has 1 aliphatic rings. The van der Waals surface area contributed by atoms with Gasteiger partial charge in [0.2, 0.25) is 0 Å². The zero-order valence-corrected chi connectivity index (χ0v) is 20.3. The Hall–Kier alpha value is -1.19. The topological polar surface area (TPSA) is 52.6 Å². The second-order valence-corrected chi connectivity index (χ2v) is 8.31. The van der Waals surface area contributed by atoms with E-state index in [2.05, 4.69) is 70.5 Å². The normalized spacial score (nSPS) is 14.3. The summed E-state index contributed by atoms with van der Waals surface area (Å²) in [7, 11) is 0. The minimum Gasteiger partial charge on any atom is -0.357 e. The number of aryl methyl sites for hydroxylation is 2. The fourth-order valence-electron chi connectivity index (χ4n) is 3.35. The molecular formula is C21H32IN5S. The van der Waals surface area contributed by atoms with Crippen LogP contribution in [0.2, 0.25) is 0 Å². The molecule has 0 amide bonds. The number of nitrogens with zero attached hydrogens (tertiary/aromatic N) is 3. The van der Waals surface area contributed by atoms with Gasteiger partial charge in [0.15, 0.2) is 5.96 Å². The van der Waals surface area contributed by atoms with Crippen molar-refractivity contribution < 1.29 is 0 Å². The van der Waals surface area contributed by atoms with Crippen LogP contribution in [-0.2, 0) is 19.5 Å². The largest absolute Gasteiger partial charge is 0.357 e. The summed E-state index contributed by atoms with van der Waals surface area (Å²) >= 11 is 1.74. The van der Waals surface area contributed by atoms with Crippen LogP contribution in [0.1, 0.15) is 40.1 Å². The van der Waals surface area contributed by atoms with Gasteiger partial charge in [-0.2, -0.15) is 0 Å². The highest BCUT2D eigenvalue weighted by atomic mass is 127. The van der Waals surface area contributed by atoms with E-state index in [1.54, 1.807) is 11.3 Å². The van der Waals surface area contributed by atoms with Crippen LogP contribution in [0.4, 0.5) is 0 Å². The molecule has 0 bridgehead atoms. The van der Waals surface area contributed by atoms with Crippen molar-refractivity contribution in [2.24, 2.45) is 4.99 Å². The maximum atomic E-state index is 4.68. The van der Waals surface area contributed by atoms with Crippen LogP contribution in [0.5, 0.6) is 0 Å². The molecule has 1 aromatic heterocycles. The first kappa shape index (κ1) is 23.1. The van der Waals surface area contributed by atoms with Gasteiger partial charge in [0.1, 0.15) is 5.01 Å². The van der Waals surface area contributed by atoms with Crippen LogP contribution in [0.25, 0.3) is 0 Å². The van der Waals surface area contributed by atoms with Crippen molar-refractivity contribution in [3.8, 4) is 0 Å². The highest BCUT2D eigenvalue weighted by molar-refractivity contribution is 14.0. The predicted octanol–water partition coefficient (Wildman–Crippen LogP) is 3.88. The summed E-state index contributed by atoms with van der Waals surface area (Å²) in [6.07, 6.45) is 2.28. The van der Waals surface area contributed by atoms with Gasteiger partial charge in [0, 0.05) is 37.6 Å². The van der Waals surface area contributed by atoms with E-state index < -0.39 is 0 Å². The molecule has 0 unspecified atom stereocenters. The molecule has 2 heterocycles. The third-order valence-electron chi connectivity index (χ3n) is 4.94. The van der Waals surface area contributed by atoms with Crippen molar-refractivity contribution in [1.82, 2.24) is 20.5 Å². The summed E-state index contributed by atoms with van der Waals surface area (Å²) in [5.41, 5.74) is 4.12. The summed E-state index contributed by atoms with van der Waals surface area (Å²) < 4.78 is 0. The Morgan fingerprint density at radius 3 is 2.71 bits per heavy atom. The average Bonchev–Trinajstić information content (AvgIpc) is 3.00. The molecule has 2 N–H and O–H groups in total. The Kier molecular flexibility index (Phi) is 9.67. The van der Waals surface area contributed by atoms with Gasteiger partial charge in [-0.15, -0.1) is 35.3 Å². The van der Waals surface area contributed by atoms with E-state index in [1.807, 2.05) is 0 Å². The summed E-state index contributed by atoms with van der Waals surface area (Å²) in [4.78, 5) is 13.1. The number of nitrogens with one attached hydrogen (secondary N) is 2. The summed E-state index contributed by atoms with van der Waals surface area (Å²) in [5, 5.41) is 7.87. The zero-order valence-electron chi connectivity index (χ0n) is 17.1. The molecule has 0 aliphatic carbocycles. The Balaban J connectivity index is 0.00000280. The third-order valence-corrected chi connectivity index (χ3v) is 6.00. The zero-order chi connectivity index (χ0) is 19.1. The van der Waals surface area contributed by atoms with Crippen LogP contribution in [0.15, 0.2) is 29.3 Å². The molecule has 0 atom stereocenters. The van der Waals surface area contributed by atoms with Gasteiger partial charge < -0.3 is 10.6 Å². The van der Waals surface area contributed by atoms with E-state index in [-0.39, 0.29) is 24.0 Å². The number of hydrogen-bond acceptors (Lipinski definition) is 4. The molecule has 28 heavy (non-hydrogen) atoms. The minimum absolute atomic E-state index is 0. The first-order valence-corrected chi connectivity index (χ1v) is 10.7. The Morgan fingerprint density at radius 1 is 1.21 bits per heavy atom. The SMILES string of the molecule is CCNC(=NCc1nc(C)c(C)s1)NCCCN1CCc2ccccc2C1.I. The van der Waals surface area contributed by atoms with E-state index in [0.29, 0.717) is 6.54 Å². The van der Waals surface area contributed by atoms with Crippen LogP contribution >= 0.6 is 35.3 Å². The van der Waals surface area contributed by atoms with Crippen molar-refractivity contribution in [1.29, 1.82) is 0 Å². The summed E-state index contributed by atoms with van der Waals surface area (Å²) in [5.74, 6) is 0.881. The predicted molar refractivity (Wildman–Crippen MR) is 130 cm³/mol. The van der Waals surface area contributed by atoms with Crippen molar-refractivity contribution in [3.63, 3.8) is 0 Å². The first-order valence-electron chi connectivity index (χ1n) is 9.90. The van der Waals surface area contributed by atoms with Gasteiger partial charge in [0.25, 0.3) is 0 Å². The average molecular weight is 513 g/mol. The quantitative estimate of drug-likeness (QED) is 0.256. The second-order valence-electron chi connectivity index (χ2n) is 7.02. The van der Waals surface area contributed by atoms with Crippen LogP contribution < -0.4 is 10.6 Å². The Bertz CT molecular complexity index is 754. The molecule has 7 heteroatoms. The van der Waals surface area contributed by atoms with E-state index in [0.717, 1.165) is 55.8 Å².